The first-order chi connectivity index (χ1) is 15.1. The number of Topliss-reactive ketones (excluding diaryl/α,β-unsaturated/α-hetero) is 1. The van der Waals surface area contributed by atoms with Crippen molar-refractivity contribution in [3.05, 3.63) is 78.1 Å². The molecule has 3 rings (SSSR count). The van der Waals surface area contributed by atoms with Gasteiger partial charge >= 0.3 is 0 Å². The Morgan fingerprint density at radius 2 is 1.65 bits per heavy atom. The highest BCUT2D eigenvalue weighted by Gasteiger charge is 2.14. The quantitative estimate of drug-likeness (QED) is 0.234. The largest absolute Gasteiger partial charge is 0.497 e. The maximum atomic E-state index is 12.5. The lowest BCUT2D eigenvalue weighted by molar-refractivity contribution is 0.102. The van der Waals surface area contributed by atoms with Crippen LogP contribution in [0.25, 0.3) is 0 Å². The molecule has 6 nitrogen and oxygen atoms in total. The minimum Gasteiger partial charge on any atom is -0.497 e. The van der Waals surface area contributed by atoms with Crippen LogP contribution >= 0.6 is 11.8 Å². The molecule has 1 heterocycles. The number of carbonyl (C=O) groups is 1. The molecule has 31 heavy (non-hydrogen) atoms. The van der Waals surface area contributed by atoms with Gasteiger partial charge in [0.25, 0.3) is 0 Å². The molecule has 0 aliphatic rings. The van der Waals surface area contributed by atoms with E-state index in [0.717, 1.165) is 41.7 Å². The summed E-state index contributed by atoms with van der Waals surface area (Å²) in [4.78, 5) is 12.5. The molecule has 0 fully saturated rings. The van der Waals surface area contributed by atoms with Gasteiger partial charge in [0, 0.05) is 18.5 Å². The van der Waals surface area contributed by atoms with E-state index in [2.05, 4.69) is 28.9 Å². The average Bonchev–Trinajstić information content (AvgIpc) is 3.19. The van der Waals surface area contributed by atoms with Crippen LogP contribution in [0.5, 0.6) is 11.5 Å². The molecular formula is C24H27N3O3S. The molecule has 162 valence electrons. The lowest BCUT2D eigenvalue weighted by Crippen LogP contribution is -2.07. The zero-order valence-corrected chi connectivity index (χ0v) is 18.7. The van der Waals surface area contributed by atoms with Crippen molar-refractivity contribution in [3.8, 4) is 11.5 Å². The minimum atomic E-state index is 0.0434. The van der Waals surface area contributed by atoms with Crippen molar-refractivity contribution in [3.63, 3.8) is 0 Å². The van der Waals surface area contributed by atoms with Gasteiger partial charge in [-0.1, -0.05) is 30.0 Å². The van der Waals surface area contributed by atoms with Crippen LogP contribution in [0.4, 0.5) is 0 Å². The molecule has 0 atom stereocenters. The third-order valence-corrected chi connectivity index (χ3v) is 5.84. The van der Waals surface area contributed by atoms with Gasteiger partial charge in [0.1, 0.15) is 17.3 Å². The standard InChI is InChI=1S/C24H27N3O3S/c1-4-16-27-23(7-5-6-18-8-12-20(29-2)13-9-18)25-26-24(27)31-17-22(28)19-10-14-21(30-3)15-11-19/h4,8-15H,1,5-7,16-17H2,2-3H3. The highest BCUT2D eigenvalue weighted by atomic mass is 32.2. The summed E-state index contributed by atoms with van der Waals surface area (Å²) >= 11 is 1.40. The van der Waals surface area contributed by atoms with Crippen molar-refractivity contribution >= 4 is 17.5 Å². The maximum absolute atomic E-state index is 12.5. The first-order valence-electron chi connectivity index (χ1n) is 10.1. The molecule has 0 bridgehead atoms. The lowest BCUT2D eigenvalue weighted by atomic mass is 10.1. The third kappa shape index (κ3) is 6.21. The van der Waals surface area contributed by atoms with Crippen molar-refractivity contribution in [1.82, 2.24) is 14.8 Å². The van der Waals surface area contributed by atoms with Crippen molar-refractivity contribution in [2.24, 2.45) is 0 Å². The Kier molecular flexibility index (Phi) is 8.29. The van der Waals surface area contributed by atoms with E-state index in [-0.39, 0.29) is 5.78 Å². The van der Waals surface area contributed by atoms with Crippen LogP contribution in [-0.2, 0) is 19.4 Å². The minimum absolute atomic E-state index is 0.0434. The predicted octanol–water partition coefficient (Wildman–Crippen LogP) is 4.63. The van der Waals surface area contributed by atoms with E-state index in [0.29, 0.717) is 17.9 Å². The molecule has 0 amide bonds. The molecule has 0 spiro atoms. The van der Waals surface area contributed by atoms with Gasteiger partial charge in [-0.2, -0.15) is 0 Å². The molecule has 0 saturated heterocycles. The van der Waals surface area contributed by atoms with E-state index in [4.69, 9.17) is 9.47 Å². The van der Waals surface area contributed by atoms with Gasteiger partial charge in [-0.25, -0.2) is 0 Å². The summed E-state index contributed by atoms with van der Waals surface area (Å²) in [6, 6.07) is 15.3. The molecule has 0 aliphatic heterocycles. The van der Waals surface area contributed by atoms with Crippen LogP contribution in [0.2, 0.25) is 0 Å². The Hall–Kier alpha value is -3.06. The van der Waals surface area contributed by atoms with Crippen molar-refractivity contribution in [2.75, 3.05) is 20.0 Å². The number of ether oxygens (including phenoxy) is 2. The van der Waals surface area contributed by atoms with Crippen LogP contribution in [0.1, 0.15) is 28.2 Å². The number of thioether (sulfide) groups is 1. The molecule has 0 aliphatic carbocycles. The molecule has 0 unspecified atom stereocenters. The van der Waals surface area contributed by atoms with Crippen LogP contribution in [-0.4, -0.2) is 40.5 Å². The van der Waals surface area contributed by atoms with Gasteiger partial charge in [0.15, 0.2) is 10.9 Å². The van der Waals surface area contributed by atoms with E-state index < -0.39 is 0 Å². The Labute approximate surface area is 187 Å². The van der Waals surface area contributed by atoms with Crippen LogP contribution in [0, 0.1) is 0 Å². The second-order valence-corrected chi connectivity index (χ2v) is 7.88. The second kappa shape index (κ2) is 11.4. The Morgan fingerprint density at radius 1 is 1.00 bits per heavy atom. The summed E-state index contributed by atoms with van der Waals surface area (Å²) in [5, 5.41) is 9.42. The smallest absolute Gasteiger partial charge is 0.191 e. The number of allylic oxidation sites excluding steroid dienone is 1. The fraction of sp³-hybridized carbons (Fsp3) is 0.292. The van der Waals surface area contributed by atoms with Crippen molar-refractivity contribution in [1.29, 1.82) is 0 Å². The highest BCUT2D eigenvalue weighted by molar-refractivity contribution is 7.99. The van der Waals surface area contributed by atoms with E-state index in [1.165, 1.54) is 17.3 Å². The summed E-state index contributed by atoms with van der Waals surface area (Å²) in [6.45, 7) is 4.46. The molecule has 0 N–H and O–H groups in total. The lowest BCUT2D eigenvalue weighted by Gasteiger charge is -2.08. The van der Waals surface area contributed by atoms with Gasteiger partial charge < -0.3 is 14.0 Å². The summed E-state index contributed by atoms with van der Waals surface area (Å²) in [7, 11) is 3.27. The molecule has 0 radical (unpaired) electrons. The monoisotopic (exact) mass is 437 g/mol. The van der Waals surface area contributed by atoms with E-state index in [1.54, 1.807) is 38.5 Å². The number of hydrogen-bond donors (Lipinski definition) is 0. The van der Waals surface area contributed by atoms with E-state index in [9.17, 15) is 4.79 Å². The summed E-state index contributed by atoms with van der Waals surface area (Å²) < 4.78 is 12.4. The zero-order chi connectivity index (χ0) is 22.1. The number of methoxy groups -OCH3 is 2. The van der Waals surface area contributed by atoms with Gasteiger partial charge in [0.05, 0.1) is 20.0 Å². The first-order valence-corrected chi connectivity index (χ1v) is 11.1. The Balaban J connectivity index is 1.58. The molecule has 0 saturated carbocycles. The number of nitrogens with zero attached hydrogens (tertiary/aromatic N) is 3. The second-order valence-electron chi connectivity index (χ2n) is 6.94. The van der Waals surface area contributed by atoms with E-state index >= 15 is 0 Å². The zero-order valence-electron chi connectivity index (χ0n) is 17.9. The normalized spacial score (nSPS) is 10.6. The number of ketones is 1. The highest BCUT2D eigenvalue weighted by Crippen LogP contribution is 2.21. The molecule has 7 heteroatoms. The number of aryl methyl sites for hydroxylation is 2. The van der Waals surface area contributed by atoms with Gasteiger partial charge in [-0.15, -0.1) is 16.8 Å². The van der Waals surface area contributed by atoms with E-state index in [1.807, 2.05) is 22.8 Å². The molecular weight excluding hydrogens is 410 g/mol. The number of aromatic nitrogens is 3. The Morgan fingerprint density at radius 3 is 2.26 bits per heavy atom. The summed E-state index contributed by atoms with van der Waals surface area (Å²) in [6.07, 6.45) is 4.53. The van der Waals surface area contributed by atoms with Crippen molar-refractivity contribution < 1.29 is 14.3 Å². The number of rotatable bonds is 12. The molecule has 3 aromatic rings. The predicted molar refractivity (Wildman–Crippen MR) is 123 cm³/mol. The van der Waals surface area contributed by atoms with Crippen LogP contribution in [0.3, 0.4) is 0 Å². The Bertz CT molecular complexity index is 998. The SMILES string of the molecule is C=CCn1c(CCCc2ccc(OC)cc2)nnc1SCC(=O)c1ccc(OC)cc1. The number of carbonyl (C=O) groups excluding carboxylic acids is 1. The number of hydrogen-bond acceptors (Lipinski definition) is 6. The van der Waals surface area contributed by atoms with Crippen LogP contribution < -0.4 is 9.47 Å². The van der Waals surface area contributed by atoms with Gasteiger partial charge in [0.2, 0.25) is 0 Å². The molecule has 2 aromatic carbocycles. The van der Waals surface area contributed by atoms with Gasteiger partial charge in [-0.05, 0) is 54.8 Å². The fourth-order valence-electron chi connectivity index (χ4n) is 3.16. The first kappa shape index (κ1) is 22.6. The van der Waals surface area contributed by atoms with Crippen molar-refractivity contribution in [2.45, 2.75) is 31.0 Å². The topological polar surface area (TPSA) is 66.2 Å². The van der Waals surface area contributed by atoms with Gasteiger partial charge in [-0.3, -0.25) is 4.79 Å². The fourth-order valence-corrected chi connectivity index (χ4v) is 4.02. The van der Waals surface area contributed by atoms with Crippen LogP contribution in [0.15, 0.2) is 66.3 Å². The third-order valence-electron chi connectivity index (χ3n) is 4.87. The summed E-state index contributed by atoms with van der Waals surface area (Å²) in [5.74, 6) is 2.84. The number of benzene rings is 2. The summed E-state index contributed by atoms with van der Waals surface area (Å²) in [5.41, 5.74) is 1.91. The maximum Gasteiger partial charge on any atom is 0.191 e. The molecule has 1 aromatic heterocycles. The average molecular weight is 438 g/mol.